The van der Waals surface area contributed by atoms with Gasteiger partial charge in [0.05, 0.1) is 19.1 Å². The van der Waals surface area contributed by atoms with Gasteiger partial charge >= 0.3 is 6.09 Å². The molecule has 0 radical (unpaired) electrons. The smallest absolute Gasteiger partial charge is 0.407 e. The van der Waals surface area contributed by atoms with Gasteiger partial charge in [-0.3, -0.25) is 14.4 Å². The summed E-state index contributed by atoms with van der Waals surface area (Å²) in [5.41, 5.74) is 0. The Morgan fingerprint density at radius 1 is 1.03 bits per heavy atom. The van der Waals surface area contributed by atoms with Crippen molar-refractivity contribution in [3.05, 3.63) is 22.4 Å². The standard InChI is InChI=1S/C27H41N5O5S/c1-2-23(33)30-12-10-19(11-13-30)24(29-20-7-4-3-5-8-20)26(35)32-15-14-31(27(36)37)18-22(32)25(34)28-17-21-9-6-16-38-21/h6,9,16,19-20,22,24,29H,2-5,7-8,10-15,17-18H2,1H3,(H,28,34)(H,36,37)/t22-,24?/m0/s1. The van der Waals surface area contributed by atoms with Gasteiger partial charge in [-0.05, 0) is 43.0 Å². The molecule has 1 aliphatic carbocycles. The number of rotatable bonds is 8. The van der Waals surface area contributed by atoms with Crippen LogP contribution < -0.4 is 10.6 Å². The molecule has 0 spiro atoms. The second kappa shape index (κ2) is 13.4. The van der Waals surface area contributed by atoms with Crippen LogP contribution in [-0.4, -0.2) is 94.5 Å². The molecule has 10 nitrogen and oxygen atoms in total. The van der Waals surface area contributed by atoms with E-state index in [9.17, 15) is 24.3 Å². The number of hydrogen-bond donors (Lipinski definition) is 3. The summed E-state index contributed by atoms with van der Waals surface area (Å²) >= 11 is 1.53. The zero-order chi connectivity index (χ0) is 27.1. The van der Waals surface area contributed by atoms with Gasteiger partial charge in [0.1, 0.15) is 6.04 Å². The van der Waals surface area contributed by atoms with E-state index >= 15 is 0 Å². The van der Waals surface area contributed by atoms with Gasteiger partial charge in [0.25, 0.3) is 0 Å². The lowest BCUT2D eigenvalue weighted by Gasteiger charge is -2.44. The maximum atomic E-state index is 14.2. The average Bonchev–Trinajstić information content (AvgIpc) is 3.48. The van der Waals surface area contributed by atoms with Gasteiger partial charge in [-0.2, -0.15) is 0 Å². The maximum Gasteiger partial charge on any atom is 0.407 e. The molecule has 1 aromatic heterocycles. The number of amides is 4. The molecule has 0 bridgehead atoms. The summed E-state index contributed by atoms with van der Waals surface area (Å²) < 4.78 is 0. The van der Waals surface area contributed by atoms with Crippen LogP contribution in [0.3, 0.4) is 0 Å². The highest BCUT2D eigenvalue weighted by molar-refractivity contribution is 7.09. The van der Waals surface area contributed by atoms with Crippen LogP contribution in [0.2, 0.25) is 0 Å². The molecule has 1 unspecified atom stereocenters. The first-order valence-corrected chi connectivity index (χ1v) is 14.9. The summed E-state index contributed by atoms with van der Waals surface area (Å²) in [6.07, 6.45) is 6.36. The van der Waals surface area contributed by atoms with E-state index in [0.29, 0.717) is 26.1 Å². The van der Waals surface area contributed by atoms with E-state index in [1.807, 2.05) is 29.3 Å². The SMILES string of the molecule is CCC(=O)N1CCC(C(NC2CCCCC2)C(=O)N2CCN(C(=O)O)C[C@H]2C(=O)NCc2cccs2)CC1. The Kier molecular flexibility index (Phi) is 10.0. The van der Waals surface area contributed by atoms with Gasteiger partial charge in [-0.1, -0.05) is 32.3 Å². The zero-order valence-electron chi connectivity index (χ0n) is 22.3. The monoisotopic (exact) mass is 547 g/mol. The zero-order valence-corrected chi connectivity index (χ0v) is 23.1. The topological polar surface area (TPSA) is 122 Å². The van der Waals surface area contributed by atoms with Gasteiger partial charge in [-0.25, -0.2) is 4.79 Å². The molecule has 4 rings (SSSR count). The number of thiophene rings is 1. The second-order valence-electron chi connectivity index (χ2n) is 10.6. The van der Waals surface area contributed by atoms with E-state index in [1.54, 1.807) is 4.90 Å². The fourth-order valence-electron chi connectivity index (χ4n) is 5.97. The summed E-state index contributed by atoms with van der Waals surface area (Å²) in [5.74, 6) is -0.272. The molecule has 3 N–H and O–H groups in total. The third-order valence-electron chi connectivity index (χ3n) is 8.21. The van der Waals surface area contributed by atoms with Crippen LogP contribution in [-0.2, 0) is 20.9 Å². The molecular weight excluding hydrogens is 506 g/mol. The van der Waals surface area contributed by atoms with Crippen LogP contribution in [0.1, 0.15) is 63.2 Å². The largest absolute Gasteiger partial charge is 0.465 e. The third-order valence-corrected chi connectivity index (χ3v) is 9.08. The van der Waals surface area contributed by atoms with E-state index in [1.165, 1.54) is 22.7 Å². The molecule has 1 aromatic rings. The molecule has 3 fully saturated rings. The Morgan fingerprint density at radius 2 is 1.76 bits per heavy atom. The van der Waals surface area contributed by atoms with Gasteiger partial charge in [-0.15, -0.1) is 11.3 Å². The predicted octanol–water partition coefficient (Wildman–Crippen LogP) is 2.49. The van der Waals surface area contributed by atoms with Crippen LogP contribution in [0.4, 0.5) is 4.79 Å². The number of hydrogen-bond acceptors (Lipinski definition) is 6. The molecule has 2 aliphatic heterocycles. The Bertz CT molecular complexity index is 959. The van der Waals surface area contributed by atoms with Crippen molar-refractivity contribution >= 4 is 35.2 Å². The summed E-state index contributed by atoms with van der Waals surface area (Å²) in [7, 11) is 0. The third kappa shape index (κ3) is 7.05. The van der Waals surface area contributed by atoms with Crippen molar-refractivity contribution in [2.75, 3.05) is 32.7 Å². The molecule has 2 atom stereocenters. The number of carboxylic acid groups (broad SMARTS) is 1. The van der Waals surface area contributed by atoms with Crippen molar-refractivity contribution in [3.8, 4) is 0 Å². The van der Waals surface area contributed by atoms with Crippen molar-refractivity contribution < 1.29 is 24.3 Å². The molecule has 2 saturated heterocycles. The molecule has 210 valence electrons. The van der Waals surface area contributed by atoms with Crippen molar-refractivity contribution in [1.29, 1.82) is 0 Å². The van der Waals surface area contributed by atoms with Gasteiger partial charge in [0.2, 0.25) is 17.7 Å². The first kappa shape index (κ1) is 28.4. The minimum atomic E-state index is -1.09. The van der Waals surface area contributed by atoms with Crippen molar-refractivity contribution in [2.45, 2.75) is 83.0 Å². The summed E-state index contributed by atoms with van der Waals surface area (Å²) in [4.78, 5) is 57.2. The number of likely N-dealkylation sites (tertiary alicyclic amines) is 1. The lowest BCUT2D eigenvalue weighted by Crippen LogP contribution is -2.65. The minimum Gasteiger partial charge on any atom is -0.465 e. The van der Waals surface area contributed by atoms with E-state index in [0.717, 1.165) is 43.4 Å². The minimum absolute atomic E-state index is 0.0447. The Morgan fingerprint density at radius 3 is 2.39 bits per heavy atom. The Balaban J connectivity index is 1.51. The van der Waals surface area contributed by atoms with Gasteiger partial charge < -0.3 is 30.4 Å². The first-order valence-electron chi connectivity index (χ1n) is 14.0. The van der Waals surface area contributed by atoms with Crippen LogP contribution in [0.15, 0.2) is 17.5 Å². The quantitative estimate of drug-likeness (QED) is 0.460. The average molecular weight is 548 g/mol. The number of piperazine rings is 1. The molecule has 0 aromatic carbocycles. The Hall–Kier alpha value is -2.66. The number of carbonyl (C=O) groups excluding carboxylic acids is 3. The normalized spacial score (nSPS) is 22.2. The molecule has 3 aliphatic rings. The van der Waals surface area contributed by atoms with E-state index in [2.05, 4.69) is 10.6 Å². The van der Waals surface area contributed by atoms with E-state index < -0.39 is 18.2 Å². The fraction of sp³-hybridized carbons (Fsp3) is 0.704. The van der Waals surface area contributed by atoms with Crippen LogP contribution in [0, 0.1) is 5.92 Å². The highest BCUT2D eigenvalue weighted by atomic mass is 32.1. The second-order valence-corrected chi connectivity index (χ2v) is 11.7. The van der Waals surface area contributed by atoms with Gasteiger partial charge in [0, 0.05) is 43.5 Å². The lowest BCUT2D eigenvalue weighted by molar-refractivity contribution is -0.147. The fourth-order valence-corrected chi connectivity index (χ4v) is 6.61. The number of carbonyl (C=O) groups is 4. The van der Waals surface area contributed by atoms with Crippen LogP contribution in [0.25, 0.3) is 0 Å². The molecule has 38 heavy (non-hydrogen) atoms. The van der Waals surface area contributed by atoms with E-state index in [-0.39, 0.29) is 49.3 Å². The Labute approximate surface area is 228 Å². The van der Waals surface area contributed by atoms with Crippen LogP contribution >= 0.6 is 11.3 Å². The number of nitrogens with zero attached hydrogens (tertiary/aromatic N) is 3. The molecule has 3 heterocycles. The van der Waals surface area contributed by atoms with Crippen LogP contribution in [0.5, 0.6) is 0 Å². The predicted molar refractivity (Wildman–Crippen MR) is 145 cm³/mol. The summed E-state index contributed by atoms with van der Waals surface area (Å²) in [6, 6.07) is 2.75. The van der Waals surface area contributed by atoms with Crippen molar-refractivity contribution in [2.24, 2.45) is 5.92 Å². The maximum absolute atomic E-state index is 14.2. The highest BCUT2D eigenvalue weighted by Gasteiger charge is 2.42. The molecule has 11 heteroatoms. The van der Waals surface area contributed by atoms with Crippen molar-refractivity contribution in [1.82, 2.24) is 25.3 Å². The highest BCUT2D eigenvalue weighted by Crippen LogP contribution is 2.27. The van der Waals surface area contributed by atoms with E-state index in [4.69, 9.17) is 0 Å². The molecular formula is C27H41N5O5S. The van der Waals surface area contributed by atoms with Gasteiger partial charge in [0.15, 0.2) is 0 Å². The first-order chi connectivity index (χ1) is 18.4. The molecule has 4 amide bonds. The lowest BCUT2D eigenvalue weighted by atomic mass is 9.86. The molecule has 1 saturated carbocycles. The number of piperidine rings is 1. The summed E-state index contributed by atoms with van der Waals surface area (Å²) in [5, 5.41) is 18.1. The summed E-state index contributed by atoms with van der Waals surface area (Å²) in [6.45, 7) is 3.78. The number of nitrogens with one attached hydrogen (secondary N) is 2. The van der Waals surface area contributed by atoms with Crippen molar-refractivity contribution in [3.63, 3.8) is 0 Å².